The Bertz CT molecular complexity index is 584. The SMILES string of the molecule is C1=C(CCNc2nncc3ccccc23)CCCC1. The van der Waals surface area contributed by atoms with Crippen molar-refractivity contribution < 1.29 is 0 Å². The predicted octanol–water partition coefficient (Wildman–Crippen LogP) is 3.93. The lowest BCUT2D eigenvalue weighted by molar-refractivity contribution is 0.679. The van der Waals surface area contributed by atoms with E-state index in [0.717, 1.165) is 29.6 Å². The Morgan fingerprint density at radius 1 is 1.16 bits per heavy atom. The van der Waals surface area contributed by atoms with Crippen LogP contribution in [0.25, 0.3) is 10.8 Å². The van der Waals surface area contributed by atoms with Crippen molar-refractivity contribution in [2.24, 2.45) is 0 Å². The summed E-state index contributed by atoms with van der Waals surface area (Å²) < 4.78 is 0. The Balaban J connectivity index is 1.66. The number of hydrogen-bond donors (Lipinski definition) is 1. The molecule has 19 heavy (non-hydrogen) atoms. The molecule has 1 heterocycles. The predicted molar refractivity (Wildman–Crippen MR) is 79.2 cm³/mol. The fourth-order valence-electron chi connectivity index (χ4n) is 2.63. The van der Waals surface area contributed by atoms with Crippen molar-refractivity contribution in [2.75, 3.05) is 11.9 Å². The highest BCUT2D eigenvalue weighted by Crippen LogP contribution is 2.22. The van der Waals surface area contributed by atoms with Crippen LogP contribution in [0, 0.1) is 0 Å². The van der Waals surface area contributed by atoms with E-state index in [2.05, 4.69) is 33.7 Å². The van der Waals surface area contributed by atoms with E-state index in [1.54, 1.807) is 5.57 Å². The first-order valence-corrected chi connectivity index (χ1v) is 7.06. The van der Waals surface area contributed by atoms with E-state index in [-0.39, 0.29) is 0 Å². The van der Waals surface area contributed by atoms with E-state index in [9.17, 15) is 0 Å². The molecule has 1 N–H and O–H groups in total. The van der Waals surface area contributed by atoms with E-state index in [1.165, 1.54) is 25.7 Å². The summed E-state index contributed by atoms with van der Waals surface area (Å²) in [7, 11) is 0. The van der Waals surface area contributed by atoms with Gasteiger partial charge in [0.2, 0.25) is 0 Å². The molecule has 98 valence electrons. The minimum absolute atomic E-state index is 0.898. The summed E-state index contributed by atoms with van der Waals surface area (Å²) >= 11 is 0. The highest BCUT2D eigenvalue weighted by molar-refractivity contribution is 5.90. The first-order chi connectivity index (χ1) is 9.43. The molecule has 0 unspecified atom stereocenters. The maximum Gasteiger partial charge on any atom is 0.156 e. The van der Waals surface area contributed by atoms with Crippen LogP contribution in [-0.4, -0.2) is 16.7 Å². The molecule has 0 amide bonds. The normalized spacial score (nSPS) is 15.3. The maximum absolute atomic E-state index is 4.21. The van der Waals surface area contributed by atoms with Crippen LogP contribution in [0.15, 0.2) is 42.1 Å². The van der Waals surface area contributed by atoms with Gasteiger partial charge in [0.1, 0.15) is 0 Å². The minimum Gasteiger partial charge on any atom is -0.368 e. The maximum atomic E-state index is 4.21. The lowest BCUT2D eigenvalue weighted by Crippen LogP contribution is -2.06. The van der Waals surface area contributed by atoms with E-state index >= 15 is 0 Å². The molecule has 0 spiro atoms. The highest BCUT2D eigenvalue weighted by atomic mass is 15.2. The fourth-order valence-corrected chi connectivity index (χ4v) is 2.63. The van der Waals surface area contributed by atoms with Gasteiger partial charge in [0, 0.05) is 17.3 Å². The third kappa shape index (κ3) is 2.92. The summed E-state index contributed by atoms with van der Waals surface area (Å²) in [6.45, 7) is 0.939. The molecule has 0 bridgehead atoms. The van der Waals surface area contributed by atoms with E-state index in [0.29, 0.717) is 0 Å². The number of nitrogens with zero attached hydrogens (tertiary/aromatic N) is 2. The lowest BCUT2D eigenvalue weighted by Gasteiger charge is -2.13. The number of benzene rings is 1. The van der Waals surface area contributed by atoms with Gasteiger partial charge in [-0.25, -0.2) is 0 Å². The summed E-state index contributed by atoms with van der Waals surface area (Å²) in [5.74, 6) is 0.898. The quantitative estimate of drug-likeness (QED) is 0.839. The zero-order valence-corrected chi connectivity index (χ0v) is 11.1. The molecule has 3 heteroatoms. The average molecular weight is 253 g/mol. The summed E-state index contributed by atoms with van der Waals surface area (Å²) in [6, 6.07) is 8.23. The molecule has 3 rings (SSSR count). The molecule has 2 aromatic rings. The third-order valence-electron chi connectivity index (χ3n) is 3.69. The minimum atomic E-state index is 0.898. The largest absolute Gasteiger partial charge is 0.368 e. The van der Waals surface area contributed by atoms with Gasteiger partial charge in [0.05, 0.1) is 6.20 Å². The Morgan fingerprint density at radius 2 is 2.11 bits per heavy atom. The van der Waals surface area contributed by atoms with Crippen molar-refractivity contribution in [2.45, 2.75) is 32.1 Å². The van der Waals surface area contributed by atoms with Crippen LogP contribution in [0.3, 0.4) is 0 Å². The molecule has 1 aromatic carbocycles. The van der Waals surface area contributed by atoms with Gasteiger partial charge in [-0.15, -0.1) is 5.10 Å². The second-order valence-corrected chi connectivity index (χ2v) is 5.07. The standard InChI is InChI=1S/C16H19N3/c1-2-6-13(7-3-1)10-11-17-16-15-9-5-4-8-14(15)12-18-19-16/h4-6,8-9,12H,1-3,7,10-11H2,(H,17,19). The zero-order valence-electron chi connectivity index (χ0n) is 11.1. The number of rotatable bonds is 4. The van der Waals surface area contributed by atoms with Crippen LogP contribution in [0.5, 0.6) is 0 Å². The van der Waals surface area contributed by atoms with Crippen LogP contribution in [0.1, 0.15) is 32.1 Å². The smallest absolute Gasteiger partial charge is 0.156 e. The molecular weight excluding hydrogens is 234 g/mol. The van der Waals surface area contributed by atoms with Gasteiger partial charge < -0.3 is 5.32 Å². The topological polar surface area (TPSA) is 37.8 Å². The molecule has 0 fully saturated rings. The third-order valence-corrected chi connectivity index (χ3v) is 3.69. The highest BCUT2D eigenvalue weighted by Gasteiger charge is 2.05. The summed E-state index contributed by atoms with van der Waals surface area (Å²) in [6.07, 6.45) is 10.5. The van der Waals surface area contributed by atoms with Crippen molar-refractivity contribution in [3.8, 4) is 0 Å². The molecule has 1 aliphatic rings. The Hall–Kier alpha value is -1.90. The van der Waals surface area contributed by atoms with Crippen molar-refractivity contribution >= 4 is 16.6 Å². The molecule has 0 radical (unpaired) electrons. The van der Waals surface area contributed by atoms with Crippen molar-refractivity contribution in [1.29, 1.82) is 0 Å². The van der Waals surface area contributed by atoms with Gasteiger partial charge in [-0.2, -0.15) is 5.10 Å². The van der Waals surface area contributed by atoms with Crippen LogP contribution >= 0.6 is 0 Å². The molecule has 0 atom stereocenters. The van der Waals surface area contributed by atoms with Crippen LogP contribution in [0.2, 0.25) is 0 Å². The molecule has 0 saturated heterocycles. The molecule has 0 aliphatic heterocycles. The molecule has 0 saturated carbocycles. The number of fused-ring (bicyclic) bond motifs is 1. The summed E-state index contributed by atoms with van der Waals surface area (Å²) in [5, 5.41) is 14.0. The van der Waals surface area contributed by atoms with Gasteiger partial charge in [-0.1, -0.05) is 35.9 Å². The molecular formula is C16H19N3. The number of hydrogen-bond acceptors (Lipinski definition) is 3. The fraction of sp³-hybridized carbons (Fsp3) is 0.375. The number of nitrogens with one attached hydrogen (secondary N) is 1. The number of aromatic nitrogens is 2. The Kier molecular flexibility index (Phi) is 3.73. The van der Waals surface area contributed by atoms with Crippen molar-refractivity contribution in [3.63, 3.8) is 0 Å². The van der Waals surface area contributed by atoms with Crippen molar-refractivity contribution in [1.82, 2.24) is 10.2 Å². The second kappa shape index (κ2) is 5.83. The van der Waals surface area contributed by atoms with Crippen LogP contribution in [-0.2, 0) is 0 Å². The number of anilines is 1. The van der Waals surface area contributed by atoms with Crippen LogP contribution in [0.4, 0.5) is 5.82 Å². The molecule has 1 aromatic heterocycles. The van der Waals surface area contributed by atoms with Crippen molar-refractivity contribution in [3.05, 3.63) is 42.1 Å². The summed E-state index contributed by atoms with van der Waals surface area (Å²) in [4.78, 5) is 0. The number of allylic oxidation sites excluding steroid dienone is 1. The lowest BCUT2D eigenvalue weighted by atomic mass is 9.97. The Labute approximate surface area is 113 Å². The summed E-state index contributed by atoms with van der Waals surface area (Å²) in [5.41, 5.74) is 1.59. The Morgan fingerprint density at radius 3 is 3.00 bits per heavy atom. The first kappa shape index (κ1) is 12.2. The molecule has 1 aliphatic carbocycles. The zero-order chi connectivity index (χ0) is 12.9. The van der Waals surface area contributed by atoms with Gasteiger partial charge in [0.25, 0.3) is 0 Å². The monoisotopic (exact) mass is 253 g/mol. The first-order valence-electron chi connectivity index (χ1n) is 7.06. The second-order valence-electron chi connectivity index (χ2n) is 5.07. The van der Waals surface area contributed by atoms with Gasteiger partial charge in [-0.05, 0) is 32.1 Å². The van der Waals surface area contributed by atoms with Gasteiger partial charge in [-0.3, -0.25) is 0 Å². The molecule has 3 nitrogen and oxygen atoms in total. The van der Waals surface area contributed by atoms with E-state index < -0.39 is 0 Å². The van der Waals surface area contributed by atoms with Gasteiger partial charge >= 0.3 is 0 Å². The van der Waals surface area contributed by atoms with Crippen LogP contribution < -0.4 is 5.32 Å². The average Bonchev–Trinajstić information content (AvgIpc) is 2.49. The van der Waals surface area contributed by atoms with E-state index in [4.69, 9.17) is 0 Å². The van der Waals surface area contributed by atoms with E-state index in [1.807, 2.05) is 18.3 Å². The van der Waals surface area contributed by atoms with Gasteiger partial charge in [0.15, 0.2) is 5.82 Å².